The third kappa shape index (κ3) is 3.68. The number of rotatable bonds is 6. The maximum absolute atomic E-state index is 12.9. The first-order valence-electron chi connectivity index (χ1n) is 7.65. The molecule has 1 aliphatic rings. The number of thiophene rings is 1. The van der Waals surface area contributed by atoms with Gasteiger partial charge in [0.15, 0.2) is 0 Å². The summed E-state index contributed by atoms with van der Waals surface area (Å²) in [6.45, 7) is 1.23. The molecular weight excluding hydrogens is 326 g/mol. The Hall–Kier alpha value is -2.54. The minimum atomic E-state index is -0.535. The highest BCUT2D eigenvalue weighted by atomic mass is 32.1. The molecule has 1 atom stereocenters. The van der Waals surface area contributed by atoms with Crippen LogP contribution in [-0.2, 0) is 17.9 Å². The van der Waals surface area contributed by atoms with Crippen molar-refractivity contribution in [3.05, 3.63) is 52.2 Å². The fourth-order valence-electron chi connectivity index (χ4n) is 2.67. The van der Waals surface area contributed by atoms with Crippen molar-refractivity contribution in [3.63, 3.8) is 0 Å². The Morgan fingerprint density at radius 1 is 1.29 bits per heavy atom. The molecule has 1 aliphatic heterocycles. The smallest absolute Gasteiger partial charge is 0.315 e. The Bertz CT molecular complexity index is 718. The van der Waals surface area contributed by atoms with E-state index < -0.39 is 6.04 Å². The van der Waals surface area contributed by atoms with Crippen LogP contribution in [-0.4, -0.2) is 36.5 Å². The molecule has 6 nitrogen and oxygen atoms in total. The van der Waals surface area contributed by atoms with Gasteiger partial charge in [0, 0.05) is 23.5 Å². The van der Waals surface area contributed by atoms with E-state index in [-0.39, 0.29) is 11.9 Å². The van der Waals surface area contributed by atoms with E-state index in [1.807, 2.05) is 41.8 Å². The highest BCUT2D eigenvalue weighted by molar-refractivity contribution is 7.09. The van der Waals surface area contributed by atoms with Crippen LogP contribution in [0.2, 0.25) is 0 Å². The number of methoxy groups -OCH3 is 1. The molecule has 3 amide bonds. The van der Waals surface area contributed by atoms with E-state index in [0.717, 1.165) is 16.2 Å². The maximum Gasteiger partial charge on any atom is 0.315 e. The van der Waals surface area contributed by atoms with Gasteiger partial charge in [-0.1, -0.05) is 24.3 Å². The molecule has 3 rings (SSSR count). The van der Waals surface area contributed by atoms with E-state index in [1.54, 1.807) is 23.3 Å². The highest BCUT2D eigenvalue weighted by Crippen LogP contribution is 2.22. The molecule has 0 unspecified atom stereocenters. The topological polar surface area (TPSA) is 70.7 Å². The number of urea groups is 1. The lowest BCUT2D eigenvalue weighted by atomic mass is 10.1. The van der Waals surface area contributed by atoms with Gasteiger partial charge in [-0.05, 0) is 17.5 Å². The van der Waals surface area contributed by atoms with Gasteiger partial charge in [-0.15, -0.1) is 11.3 Å². The van der Waals surface area contributed by atoms with Crippen molar-refractivity contribution in [1.29, 1.82) is 0 Å². The molecule has 1 aromatic carbocycles. The van der Waals surface area contributed by atoms with Crippen LogP contribution >= 0.6 is 11.3 Å². The number of carbonyl (C=O) groups excluding carboxylic acids is 2. The lowest BCUT2D eigenvalue weighted by molar-refractivity contribution is -0.133. The second-order valence-corrected chi connectivity index (χ2v) is 6.52. The van der Waals surface area contributed by atoms with Gasteiger partial charge in [-0.2, -0.15) is 0 Å². The first kappa shape index (κ1) is 16.3. The third-order valence-electron chi connectivity index (χ3n) is 3.86. The molecule has 2 heterocycles. The molecule has 0 spiro atoms. The summed E-state index contributed by atoms with van der Waals surface area (Å²) < 4.78 is 5.39. The number of hydrogen-bond donors (Lipinski definition) is 2. The Balaban J connectivity index is 1.81. The summed E-state index contributed by atoms with van der Waals surface area (Å²) >= 11 is 1.60. The molecule has 0 bridgehead atoms. The van der Waals surface area contributed by atoms with Gasteiger partial charge in [0.05, 0.1) is 13.7 Å². The van der Waals surface area contributed by atoms with Crippen molar-refractivity contribution in [2.24, 2.45) is 0 Å². The van der Waals surface area contributed by atoms with E-state index in [9.17, 15) is 9.59 Å². The molecule has 24 heavy (non-hydrogen) atoms. The van der Waals surface area contributed by atoms with E-state index in [0.29, 0.717) is 19.6 Å². The van der Waals surface area contributed by atoms with Gasteiger partial charge in [-0.3, -0.25) is 4.79 Å². The first-order valence-corrected chi connectivity index (χ1v) is 8.53. The molecule has 2 aromatic rings. The SMILES string of the molecule is COc1ccccc1CN(Cc1cccs1)C(=O)[C@@H]1CNC(=O)N1. The number of ether oxygens (including phenoxy) is 1. The number of benzene rings is 1. The van der Waals surface area contributed by atoms with E-state index in [1.165, 1.54) is 0 Å². The van der Waals surface area contributed by atoms with Crippen LogP contribution in [0.4, 0.5) is 4.79 Å². The van der Waals surface area contributed by atoms with Crippen LogP contribution in [0.5, 0.6) is 5.75 Å². The second kappa shape index (κ2) is 7.35. The molecule has 0 saturated carbocycles. The van der Waals surface area contributed by atoms with Crippen LogP contribution < -0.4 is 15.4 Å². The number of carbonyl (C=O) groups is 2. The van der Waals surface area contributed by atoms with Gasteiger partial charge < -0.3 is 20.3 Å². The van der Waals surface area contributed by atoms with Crippen LogP contribution in [0.3, 0.4) is 0 Å². The maximum atomic E-state index is 12.9. The fourth-order valence-corrected chi connectivity index (χ4v) is 3.39. The van der Waals surface area contributed by atoms with E-state index >= 15 is 0 Å². The fraction of sp³-hybridized carbons (Fsp3) is 0.294. The molecule has 2 N–H and O–H groups in total. The first-order chi connectivity index (χ1) is 11.7. The van der Waals surface area contributed by atoms with Gasteiger partial charge in [-0.25, -0.2) is 4.79 Å². The third-order valence-corrected chi connectivity index (χ3v) is 4.72. The van der Waals surface area contributed by atoms with Crippen LogP contribution in [0.25, 0.3) is 0 Å². The number of hydrogen-bond acceptors (Lipinski definition) is 4. The molecule has 0 aliphatic carbocycles. The van der Waals surface area contributed by atoms with Crippen molar-refractivity contribution >= 4 is 23.3 Å². The number of nitrogens with one attached hydrogen (secondary N) is 2. The lowest BCUT2D eigenvalue weighted by Gasteiger charge is -2.25. The standard InChI is InChI=1S/C17H19N3O3S/c1-23-15-7-3-2-5-12(15)10-20(11-13-6-4-8-24-13)16(21)14-9-18-17(22)19-14/h2-8,14H,9-11H2,1H3,(H2,18,19,22)/t14-/m0/s1. The van der Waals surface area contributed by atoms with Crippen LogP contribution in [0.1, 0.15) is 10.4 Å². The van der Waals surface area contributed by atoms with E-state index in [2.05, 4.69) is 10.6 Å². The summed E-state index contributed by atoms with van der Waals surface area (Å²) in [6, 6.07) is 10.8. The predicted octanol–water partition coefficient (Wildman–Crippen LogP) is 1.97. The molecule has 1 fully saturated rings. The van der Waals surface area contributed by atoms with Crippen molar-refractivity contribution < 1.29 is 14.3 Å². The van der Waals surface area contributed by atoms with Crippen molar-refractivity contribution in [2.45, 2.75) is 19.1 Å². The largest absolute Gasteiger partial charge is 0.496 e. The monoisotopic (exact) mass is 345 g/mol. The number of amides is 3. The summed E-state index contributed by atoms with van der Waals surface area (Å²) in [5.74, 6) is 0.641. The lowest BCUT2D eigenvalue weighted by Crippen LogP contribution is -2.44. The minimum Gasteiger partial charge on any atom is -0.496 e. The Labute approximate surface area is 144 Å². The average molecular weight is 345 g/mol. The van der Waals surface area contributed by atoms with Gasteiger partial charge in [0.2, 0.25) is 5.91 Å². The summed E-state index contributed by atoms with van der Waals surface area (Å²) in [5.41, 5.74) is 0.933. The molecule has 0 radical (unpaired) electrons. The number of para-hydroxylation sites is 1. The zero-order chi connectivity index (χ0) is 16.9. The van der Waals surface area contributed by atoms with Gasteiger partial charge >= 0.3 is 6.03 Å². The van der Waals surface area contributed by atoms with Crippen LogP contribution in [0, 0.1) is 0 Å². The second-order valence-electron chi connectivity index (χ2n) is 5.49. The summed E-state index contributed by atoms with van der Waals surface area (Å²) in [5, 5.41) is 7.28. The molecule has 126 valence electrons. The van der Waals surface area contributed by atoms with Gasteiger partial charge in [0.1, 0.15) is 11.8 Å². The summed E-state index contributed by atoms with van der Waals surface area (Å²) in [7, 11) is 1.62. The highest BCUT2D eigenvalue weighted by Gasteiger charge is 2.31. The quantitative estimate of drug-likeness (QED) is 0.841. The molecule has 7 heteroatoms. The normalized spacial score (nSPS) is 16.4. The van der Waals surface area contributed by atoms with Gasteiger partial charge in [0.25, 0.3) is 0 Å². The zero-order valence-electron chi connectivity index (χ0n) is 13.3. The number of nitrogens with zero attached hydrogens (tertiary/aromatic N) is 1. The van der Waals surface area contributed by atoms with Crippen molar-refractivity contribution in [1.82, 2.24) is 15.5 Å². The minimum absolute atomic E-state index is 0.104. The predicted molar refractivity (Wildman–Crippen MR) is 91.9 cm³/mol. The van der Waals surface area contributed by atoms with Crippen molar-refractivity contribution in [3.8, 4) is 5.75 Å². The van der Waals surface area contributed by atoms with Crippen LogP contribution in [0.15, 0.2) is 41.8 Å². The Morgan fingerprint density at radius 3 is 2.79 bits per heavy atom. The molecule has 1 aromatic heterocycles. The summed E-state index contributed by atoms with van der Waals surface area (Å²) in [4.78, 5) is 27.0. The zero-order valence-corrected chi connectivity index (χ0v) is 14.1. The molecular formula is C17H19N3O3S. The Kier molecular flexibility index (Phi) is 5.00. The van der Waals surface area contributed by atoms with E-state index in [4.69, 9.17) is 4.74 Å². The average Bonchev–Trinajstić information content (AvgIpc) is 3.25. The Morgan fingerprint density at radius 2 is 2.12 bits per heavy atom. The molecule has 1 saturated heterocycles. The van der Waals surface area contributed by atoms with Crippen molar-refractivity contribution in [2.75, 3.05) is 13.7 Å². The summed E-state index contributed by atoms with van der Waals surface area (Å²) in [6.07, 6.45) is 0.